The molecule has 0 bridgehead atoms. The molecule has 0 fully saturated rings. The quantitative estimate of drug-likeness (QED) is 0.220. The van der Waals surface area contributed by atoms with E-state index in [1.165, 1.54) is 55.6 Å². The molecule has 0 unspecified atom stereocenters. The summed E-state index contributed by atoms with van der Waals surface area (Å²) in [4.78, 5) is 0. The highest BCUT2D eigenvalue weighted by molar-refractivity contribution is 5.77. The fourth-order valence-corrected chi connectivity index (χ4v) is 4.59. The molecule has 0 aromatic heterocycles. The maximum atomic E-state index is 2.21. The van der Waals surface area contributed by atoms with Gasteiger partial charge in [0, 0.05) is 0 Å². The van der Waals surface area contributed by atoms with Crippen molar-refractivity contribution in [2.24, 2.45) is 0 Å². The molecule has 0 atom stereocenters. The number of hydrogen-bond donors (Lipinski definition) is 0. The molecule has 0 aliphatic heterocycles. The van der Waals surface area contributed by atoms with E-state index in [0.717, 1.165) is 0 Å². The largest absolute Gasteiger partial charge is 0.0871 e. The normalized spacial score (nSPS) is 11.7. The van der Waals surface area contributed by atoms with Crippen LogP contribution < -0.4 is 0 Å². The third-order valence-corrected chi connectivity index (χ3v) is 6.64. The zero-order valence-corrected chi connectivity index (χ0v) is 20.9. The average molecular weight is 463 g/mol. The Bertz CT molecular complexity index is 1460. The summed E-state index contributed by atoms with van der Waals surface area (Å²) in [5.41, 5.74) is 12.4. The molecule has 5 aromatic carbocycles. The van der Waals surface area contributed by atoms with E-state index in [4.69, 9.17) is 0 Å². The zero-order valence-electron chi connectivity index (χ0n) is 20.9. The Morgan fingerprint density at radius 1 is 0.389 bits per heavy atom. The predicted molar refractivity (Wildman–Crippen MR) is 157 cm³/mol. The van der Waals surface area contributed by atoms with Crippen LogP contribution in [0.25, 0.3) is 50.1 Å². The summed E-state index contributed by atoms with van der Waals surface area (Å²) in [6.45, 7) is 4.13. The van der Waals surface area contributed by atoms with Gasteiger partial charge in [-0.05, 0) is 69.5 Å². The third-order valence-electron chi connectivity index (χ3n) is 6.64. The number of rotatable bonds is 6. The Kier molecular flexibility index (Phi) is 7.05. The molecule has 0 amide bonds. The lowest BCUT2D eigenvalue weighted by molar-refractivity contribution is 1.55. The first-order valence-electron chi connectivity index (χ1n) is 12.5. The Morgan fingerprint density at radius 3 is 1.00 bits per heavy atom. The van der Waals surface area contributed by atoms with Gasteiger partial charge in [-0.25, -0.2) is 0 Å². The highest BCUT2D eigenvalue weighted by Crippen LogP contribution is 2.29. The van der Waals surface area contributed by atoms with Gasteiger partial charge in [0.15, 0.2) is 0 Å². The van der Waals surface area contributed by atoms with Crippen LogP contribution in [-0.4, -0.2) is 0 Å². The van der Waals surface area contributed by atoms with Crippen LogP contribution in [0.2, 0.25) is 0 Å². The van der Waals surface area contributed by atoms with Gasteiger partial charge in [0.2, 0.25) is 0 Å². The van der Waals surface area contributed by atoms with E-state index in [0.29, 0.717) is 0 Å². The van der Waals surface area contributed by atoms with Crippen molar-refractivity contribution in [3.63, 3.8) is 0 Å². The molecule has 0 nitrogen and oxygen atoms in total. The molecule has 0 heterocycles. The second kappa shape index (κ2) is 10.9. The Balaban J connectivity index is 1.30. The second-order valence-corrected chi connectivity index (χ2v) is 8.92. The number of benzene rings is 5. The van der Waals surface area contributed by atoms with Crippen molar-refractivity contribution < 1.29 is 0 Å². The van der Waals surface area contributed by atoms with E-state index < -0.39 is 0 Å². The topological polar surface area (TPSA) is 0 Å². The molecule has 5 aromatic rings. The number of hydrogen-bond acceptors (Lipinski definition) is 0. The van der Waals surface area contributed by atoms with E-state index in [9.17, 15) is 0 Å². The Labute approximate surface area is 214 Å². The molecular formula is C36H30. The SMILES string of the molecule is C/C=C\C(=C/C)c1ccc(-c2ccc(-c3ccc(-c4ccc(-c5ccccc5)cc4)cc3)cc2)cc1. The second-order valence-electron chi connectivity index (χ2n) is 8.92. The molecular weight excluding hydrogens is 432 g/mol. The molecule has 0 saturated heterocycles. The molecule has 0 radical (unpaired) electrons. The zero-order chi connectivity index (χ0) is 24.7. The minimum absolute atomic E-state index is 1.23. The van der Waals surface area contributed by atoms with Crippen LogP contribution in [0.5, 0.6) is 0 Å². The summed E-state index contributed by atoms with van der Waals surface area (Å²) < 4.78 is 0. The van der Waals surface area contributed by atoms with Gasteiger partial charge in [0.25, 0.3) is 0 Å². The van der Waals surface area contributed by atoms with Crippen LogP contribution >= 0.6 is 0 Å². The van der Waals surface area contributed by atoms with E-state index in [1.807, 2.05) is 0 Å². The lowest BCUT2D eigenvalue weighted by Gasteiger charge is -2.09. The standard InChI is InChI=1S/C36H30/c1-3-8-27(4-2)29-11-13-31(14-12-29)33-19-21-35(22-20-33)36-25-23-34(24-26-36)32-17-15-30(16-18-32)28-9-6-5-7-10-28/h3-26H,1-2H3/b8-3-,27-4+. The highest BCUT2D eigenvalue weighted by Gasteiger charge is 2.04. The van der Waals surface area contributed by atoms with Crippen LogP contribution in [0.4, 0.5) is 0 Å². The summed E-state index contributed by atoms with van der Waals surface area (Å²) in [5, 5.41) is 0. The summed E-state index contributed by atoms with van der Waals surface area (Å²) >= 11 is 0. The van der Waals surface area contributed by atoms with Crippen molar-refractivity contribution in [3.05, 3.63) is 151 Å². The summed E-state index contributed by atoms with van der Waals surface area (Å²) in [7, 11) is 0. The van der Waals surface area contributed by atoms with Gasteiger partial charge in [-0.15, -0.1) is 0 Å². The summed E-state index contributed by atoms with van der Waals surface area (Å²) in [6, 6.07) is 45.8. The smallest absolute Gasteiger partial charge is 0.0184 e. The predicted octanol–water partition coefficient (Wildman–Crippen LogP) is 10.3. The van der Waals surface area contributed by atoms with Crippen molar-refractivity contribution >= 4 is 5.57 Å². The molecule has 0 heteroatoms. The Morgan fingerprint density at radius 2 is 0.694 bits per heavy atom. The van der Waals surface area contributed by atoms with Gasteiger partial charge >= 0.3 is 0 Å². The number of allylic oxidation sites excluding steroid dienone is 4. The summed E-state index contributed by atoms with van der Waals surface area (Å²) in [5.74, 6) is 0. The van der Waals surface area contributed by atoms with Crippen molar-refractivity contribution in [3.8, 4) is 44.5 Å². The minimum Gasteiger partial charge on any atom is -0.0871 e. The van der Waals surface area contributed by atoms with Crippen LogP contribution in [0.1, 0.15) is 19.4 Å². The molecule has 174 valence electrons. The van der Waals surface area contributed by atoms with Crippen molar-refractivity contribution in [1.82, 2.24) is 0 Å². The fraction of sp³-hybridized carbons (Fsp3) is 0.0556. The van der Waals surface area contributed by atoms with Crippen molar-refractivity contribution in [1.29, 1.82) is 0 Å². The van der Waals surface area contributed by atoms with Gasteiger partial charge in [-0.1, -0.05) is 146 Å². The minimum atomic E-state index is 1.23. The van der Waals surface area contributed by atoms with E-state index >= 15 is 0 Å². The van der Waals surface area contributed by atoms with Crippen molar-refractivity contribution in [2.75, 3.05) is 0 Å². The van der Waals surface area contributed by atoms with Crippen LogP contribution in [0.15, 0.2) is 146 Å². The molecule has 0 aliphatic rings. The van der Waals surface area contributed by atoms with Crippen LogP contribution in [0.3, 0.4) is 0 Å². The Hall–Kier alpha value is -4.42. The van der Waals surface area contributed by atoms with Gasteiger partial charge in [0.1, 0.15) is 0 Å². The van der Waals surface area contributed by atoms with Crippen LogP contribution in [-0.2, 0) is 0 Å². The lowest BCUT2D eigenvalue weighted by atomic mass is 9.96. The van der Waals surface area contributed by atoms with Crippen molar-refractivity contribution in [2.45, 2.75) is 13.8 Å². The third kappa shape index (κ3) is 5.14. The van der Waals surface area contributed by atoms with E-state index in [-0.39, 0.29) is 0 Å². The maximum Gasteiger partial charge on any atom is -0.0184 e. The molecule has 0 aliphatic carbocycles. The fourth-order valence-electron chi connectivity index (χ4n) is 4.59. The van der Waals surface area contributed by atoms with Gasteiger partial charge in [0.05, 0.1) is 0 Å². The first kappa shape index (κ1) is 23.3. The molecule has 5 rings (SSSR count). The first-order chi connectivity index (χ1) is 17.7. The lowest BCUT2D eigenvalue weighted by Crippen LogP contribution is -1.84. The average Bonchev–Trinajstić information content (AvgIpc) is 2.97. The molecule has 36 heavy (non-hydrogen) atoms. The van der Waals surface area contributed by atoms with Gasteiger partial charge < -0.3 is 0 Å². The molecule has 0 spiro atoms. The monoisotopic (exact) mass is 462 g/mol. The highest BCUT2D eigenvalue weighted by atomic mass is 14.1. The van der Waals surface area contributed by atoms with Gasteiger partial charge in [-0.3, -0.25) is 0 Å². The van der Waals surface area contributed by atoms with Crippen LogP contribution in [0, 0.1) is 0 Å². The summed E-state index contributed by atoms with van der Waals surface area (Å²) in [6.07, 6.45) is 6.37. The first-order valence-corrected chi connectivity index (χ1v) is 12.5. The van der Waals surface area contributed by atoms with Gasteiger partial charge in [-0.2, -0.15) is 0 Å². The molecule has 0 N–H and O–H groups in total. The van der Waals surface area contributed by atoms with E-state index in [2.05, 4.69) is 159 Å². The van der Waals surface area contributed by atoms with E-state index in [1.54, 1.807) is 0 Å². The molecule has 0 saturated carbocycles. The maximum absolute atomic E-state index is 2.21.